The van der Waals surface area contributed by atoms with Gasteiger partial charge < -0.3 is 20.6 Å². The van der Waals surface area contributed by atoms with E-state index in [-0.39, 0.29) is 6.42 Å². The van der Waals surface area contributed by atoms with E-state index in [9.17, 15) is 9.36 Å². The van der Waals surface area contributed by atoms with Crippen molar-refractivity contribution in [1.82, 2.24) is 0 Å². The van der Waals surface area contributed by atoms with E-state index < -0.39 is 19.6 Å². The summed E-state index contributed by atoms with van der Waals surface area (Å²) >= 11 is 0. The maximum atomic E-state index is 10.2. The average molecular weight is 196 g/mol. The topological polar surface area (TPSA) is 122 Å². The standard InChI is InChI=1S/C5H10NO5P/c6-4(5(7)8)2-1-3-12(9,10)11/h1,3-4H,2,6H2,(H,7,8)(H2,9,10,11)/p+1/b3-1+. The Balaban J connectivity index is 3.92. The minimum Gasteiger partial charge on any atom is -0.477 e. The third-order valence-electron chi connectivity index (χ3n) is 1.07. The summed E-state index contributed by atoms with van der Waals surface area (Å²) in [6, 6.07) is -0.868. The number of hydrogen-bond acceptors (Lipinski definition) is 2. The summed E-state index contributed by atoms with van der Waals surface area (Å²) < 4.78 is 10.2. The number of rotatable bonds is 4. The fourth-order valence-corrected chi connectivity index (χ4v) is 0.860. The molecule has 0 aromatic rings. The molecule has 0 radical (unpaired) electrons. The monoisotopic (exact) mass is 196 g/mol. The number of hydrogen-bond donors (Lipinski definition) is 4. The first-order valence-corrected chi connectivity index (χ1v) is 4.80. The zero-order valence-corrected chi connectivity index (χ0v) is 7.15. The van der Waals surface area contributed by atoms with Crippen LogP contribution in [0, 0.1) is 0 Å². The highest BCUT2D eigenvalue weighted by Gasteiger charge is 2.14. The molecule has 0 fully saturated rings. The van der Waals surface area contributed by atoms with Gasteiger partial charge in [-0.1, -0.05) is 6.08 Å². The van der Waals surface area contributed by atoms with Gasteiger partial charge >= 0.3 is 13.6 Å². The van der Waals surface area contributed by atoms with Crippen molar-refractivity contribution in [2.75, 3.05) is 0 Å². The van der Waals surface area contributed by atoms with Crippen molar-refractivity contribution < 1.29 is 30.0 Å². The minimum absolute atomic E-state index is 0.0143. The first-order chi connectivity index (χ1) is 5.33. The summed E-state index contributed by atoms with van der Waals surface area (Å²) in [5.74, 6) is -0.418. The Kier molecular flexibility index (Phi) is 4.12. The van der Waals surface area contributed by atoms with E-state index in [0.29, 0.717) is 5.82 Å². The van der Waals surface area contributed by atoms with Crippen LogP contribution in [0.4, 0.5) is 0 Å². The largest absolute Gasteiger partial charge is 0.477 e. The normalized spacial score (nSPS) is 14.9. The van der Waals surface area contributed by atoms with Crippen LogP contribution in [0.3, 0.4) is 0 Å². The van der Waals surface area contributed by atoms with Crippen LogP contribution in [0.15, 0.2) is 11.9 Å². The molecule has 0 amide bonds. The van der Waals surface area contributed by atoms with Crippen LogP contribution in [-0.4, -0.2) is 26.9 Å². The van der Waals surface area contributed by atoms with Crippen LogP contribution in [0.1, 0.15) is 6.42 Å². The van der Waals surface area contributed by atoms with Crippen molar-refractivity contribution in [2.24, 2.45) is 0 Å². The summed E-state index contributed by atoms with van der Waals surface area (Å²) in [5, 5.41) is 8.32. The lowest BCUT2D eigenvalue weighted by molar-refractivity contribution is -0.406. The van der Waals surface area contributed by atoms with E-state index in [1.807, 2.05) is 0 Å². The van der Waals surface area contributed by atoms with Gasteiger partial charge in [-0.2, -0.15) is 0 Å². The fraction of sp³-hybridized carbons (Fsp3) is 0.400. The molecule has 0 aliphatic carbocycles. The van der Waals surface area contributed by atoms with Gasteiger partial charge in [-0.3, -0.25) is 4.57 Å². The van der Waals surface area contributed by atoms with Gasteiger partial charge in [0.2, 0.25) is 0 Å². The second kappa shape index (κ2) is 4.37. The SMILES string of the molecule is [NH3+]C(C/C=C/P(=O)(O)O)C(=O)O. The second-order valence-electron chi connectivity index (χ2n) is 2.24. The zero-order valence-electron chi connectivity index (χ0n) is 6.25. The molecule has 0 heterocycles. The summed E-state index contributed by atoms with van der Waals surface area (Å²) in [4.78, 5) is 26.8. The van der Waals surface area contributed by atoms with Crippen LogP contribution in [0.25, 0.3) is 0 Å². The molecule has 0 aliphatic rings. The summed E-state index contributed by atoms with van der Waals surface area (Å²) in [7, 11) is -4.15. The Morgan fingerprint density at radius 3 is 2.42 bits per heavy atom. The Morgan fingerprint density at radius 1 is 1.58 bits per heavy atom. The molecule has 7 heteroatoms. The molecule has 1 atom stereocenters. The molecular formula is C5H11NO5P+. The number of carbonyl (C=O) groups is 1. The Morgan fingerprint density at radius 2 is 2.08 bits per heavy atom. The molecular weight excluding hydrogens is 185 g/mol. The third-order valence-corrected chi connectivity index (χ3v) is 1.67. The molecule has 6 N–H and O–H groups in total. The van der Waals surface area contributed by atoms with Gasteiger partial charge in [0.05, 0.1) is 0 Å². The van der Waals surface area contributed by atoms with E-state index in [1.165, 1.54) is 0 Å². The highest BCUT2D eigenvalue weighted by Crippen LogP contribution is 2.35. The second-order valence-corrected chi connectivity index (χ2v) is 3.72. The Bertz CT molecular complexity index is 232. The van der Waals surface area contributed by atoms with Gasteiger partial charge in [0.15, 0.2) is 6.04 Å². The molecule has 0 saturated heterocycles. The van der Waals surface area contributed by atoms with Crippen molar-refractivity contribution in [3.63, 3.8) is 0 Å². The summed E-state index contributed by atoms with van der Waals surface area (Å²) in [6.07, 6.45) is 1.13. The van der Waals surface area contributed by atoms with Crippen molar-refractivity contribution in [3.8, 4) is 0 Å². The quantitative estimate of drug-likeness (QED) is 0.419. The Labute approximate surface area is 68.9 Å². The van der Waals surface area contributed by atoms with Crippen molar-refractivity contribution in [3.05, 3.63) is 11.9 Å². The van der Waals surface area contributed by atoms with Crippen LogP contribution < -0.4 is 5.73 Å². The molecule has 0 aromatic carbocycles. The van der Waals surface area contributed by atoms with Crippen LogP contribution >= 0.6 is 7.60 Å². The molecule has 0 aliphatic heterocycles. The lowest BCUT2D eigenvalue weighted by Gasteiger charge is -1.97. The minimum atomic E-state index is -4.15. The first-order valence-electron chi connectivity index (χ1n) is 3.12. The van der Waals surface area contributed by atoms with Gasteiger partial charge in [0, 0.05) is 12.2 Å². The predicted octanol–water partition coefficient (Wildman–Crippen LogP) is -1.24. The van der Waals surface area contributed by atoms with Gasteiger partial charge in [0.25, 0.3) is 0 Å². The van der Waals surface area contributed by atoms with Gasteiger partial charge in [-0.15, -0.1) is 0 Å². The van der Waals surface area contributed by atoms with Crippen molar-refractivity contribution in [1.29, 1.82) is 0 Å². The number of aliphatic carboxylic acids is 1. The predicted molar refractivity (Wildman–Crippen MR) is 40.1 cm³/mol. The van der Waals surface area contributed by atoms with E-state index in [2.05, 4.69) is 5.73 Å². The van der Waals surface area contributed by atoms with E-state index >= 15 is 0 Å². The molecule has 0 aromatic heterocycles. The van der Waals surface area contributed by atoms with Crippen LogP contribution in [0.5, 0.6) is 0 Å². The molecule has 12 heavy (non-hydrogen) atoms. The van der Waals surface area contributed by atoms with Gasteiger partial charge in [-0.25, -0.2) is 4.79 Å². The lowest BCUT2D eigenvalue weighted by atomic mass is 10.2. The molecule has 1 unspecified atom stereocenters. The number of quaternary nitrogens is 1. The molecule has 0 rings (SSSR count). The third kappa shape index (κ3) is 6.06. The maximum absolute atomic E-state index is 10.2. The van der Waals surface area contributed by atoms with Gasteiger partial charge in [0.1, 0.15) is 0 Å². The maximum Gasteiger partial charge on any atom is 0.362 e. The van der Waals surface area contributed by atoms with Crippen molar-refractivity contribution >= 4 is 13.6 Å². The van der Waals surface area contributed by atoms with Gasteiger partial charge in [-0.05, 0) is 0 Å². The fourth-order valence-electron chi connectivity index (χ4n) is 0.463. The zero-order chi connectivity index (χ0) is 9.78. The lowest BCUT2D eigenvalue weighted by Crippen LogP contribution is -2.64. The summed E-state index contributed by atoms with van der Waals surface area (Å²) in [6.45, 7) is 0. The number of carboxylic acid groups (broad SMARTS) is 1. The first kappa shape index (κ1) is 11.3. The van der Waals surface area contributed by atoms with E-state index in [1.54, 1.807) is 0 Å². The summed E-state index contributed by atoms with van der Waals surface area (Å²) in [5.41, 5.74) is 3.25. The average Bonchev–Trinajstić information content (AvgIpc) is 1.84. The molecule has 6 nitrogen and oxygen atoms in total. The highest BCUT2D eigenvalue weighted by molar-refractivity contribution is 7.55. The Hall–Kier alpha value is -0.680. The molecule has 70 valence electrons. The van der Waals surface area contributed by atoms with Crippen LogP contribution in [-0.2, 0) is 9.36 Å². The number of carboxylic acids is 1. The molecule has 0 bridgehead atoms. The molecule has 0 saturated carbocycles. The molecule has 0 spiro atoms. The van der Waals surface area contributed by atoms with E-state index in [4.69, 9.17) is 14.9 Å². The van der Waals surface area contributed by atoms with E-state index in [0.717, 1.165) is 6.08 Å². The van der Waals surface area contributed by atoms with Crippen molar-refractivity contribution in [2.45, 2.75) is 12.5 Å². The smallest absolute Gasteiger partial charge is 0.362 e. The van der Waals surface area contributed by atoms with Crippen LogP contribution in [0.2, 0.25) is 0 Å². The highest BCUT2D eigenvalue weighted by atomic mass is 31.2.